The first-order valence-corrected chi connectivity index (χ1v) is 33.6. The van der Waals surface area contributed by atoms with E-state index in [-0.39, 0.29) is 18.9 Å². The summed E-state index contributed by atoms with van der Waals surface area (Å²) in [4.78, 5) is 13.2. The van der Waals surface area contributed by atoms with Gasteiger partial charge in [0.1, 0.15) is 73.2 Å². The van der Waals surface area contributed by atoms with Crippen LogP contribution in [0.3, 0.4) is 0 Å². The number of hydrogen-bond donors (Lipinski definition) is 12. The third-order valence-electron chi connectivity index (χ3n) is 17.0. The van der Waals surface area contributed by atoms with Crippen LogP contribution >= 0.6 is 0 Å². The highest BCUT2D eigenvalue weighted by molar-refractivity contribution is 5.76. The summed E-state index contributed by atoms with van der Waals surface area (Å²) in [7, 11) is 0. The number of rotatable bonds is 51. The summed E-state index contributed by atoms with van der Waals surface area (Å²) in [5.41, 5.74) is 0. The van der Waals surface area contributed by atoms with E-state index in [0.717, 1.165) is 32.1 Å². The highest BCUT2D eigenvalue weighted by Gasteiger charge is 2.53. The summed E-state index contributed by atoms with van der Waals surface area (Å²) in [6.45, 7) is 1.56. The van der Waals surface area contributed by atoms with Gasteiger partial charge in [-0.1, -0.05) is 231 Å². The Balaban J connectivity index is 1.23. The number of unbranched alkanes of at least 4 members (excludes halogenated alkanes) is 33. The molecule has 19 heteroatoms. The quantitative estimate of drug-likeness (QED) is 0.0204. The Morgan fingerprint density at radius 3 is 1.18 bits per heavy atom. The highest BCUT2D eigenvalue weighted by Crippen LogP contribution is 2.33. The molecule has 0 aromatic rings. The van der Waals surface area contributed by atoms with E-state index in [1.54, 1.807) is 6.08 Å². The molecule has 3 saturated heterocycles. The smallest absolute Gasteiger partial charge is 0.220 e. The van der Waals surface area contributed by atoms with Gasteiger partial charge in [0, 0.05) is 6.42 Å². The molecule has 3 aliphatic rings. The molecule has 17 atom stereocenters. The van der Waals surface area contributed by atoms with Crippen molar-refractivity contribution in [3.05, 3.63) is 24.3 Å². The van der Waals surface area contributed by atoms with Crippen LogP contribution in [0.25, 0.3) is 0 Å². The Labute approximate surface area is 505 Å². The van der Waals surface area contributed by atoms with Crippen molar-refractivity contribution in [2.24, 2.45) is 0 Å². The van der Waals surface area contributed by atoms with E-state index in [1.165, 1.54) is 186 Å². The Hall–Kier alpha value is -1.73. The molecule has 3 rings (SSSR count). The van der Waals surface area contributed by atoms with Crippen LogP contribution in [0, 0.1) is 0 Å². The molecule has 0 aromatic carbocycles. The van der Waals surface area contributed by atoms with E-state index >= 15 is 0 Å². The van der Waals surface area contributed by atoms with Gasteiger partial charge in [-0.15, -0.1) is 0 Å². The van der Waals surface area contributed by atoms with Gasteiger partial charge < -0.3 is 89.9 Å². The van der Waals surface area contributed by atoms with Gasteiger partial charge in [0.25, 0.3) is 0 Å². The van der Waals surface area contributed by atoms with Gasteiger partial charge in [0.2, 0.25) is 5.91 Å². The molecule has 19 nitrogen and oxygen atoms in total. The number of nitrogens with one attached hydrogen (secondary N) is 1. The molecule has 0 aromatic heterocycles. The van der Waals surface area contributed by atoms with E-state index in [4.69, 9.17) is 28.4 Å². The van der Waals surface area contributed by atoms with E-state index < -0.39 is 124 Å². The minimum Gasteiger partial charge on any atom is -0.394 e. The minimum absolute atomic E-state index is 0.245. The van der Waals surface area contributed by atoms with Crippen molar-refractivity contribution >= 4 is 5.91 Å². The molecule has 3 fully saturated rings. The third kappa shape index (κ3) is 30.7. The number of amides is 1. The fraction of sp³-hybridized carbons (Fsp3) is 0.923. The average Bonchev–Trinajstić information content (AvgIpc) is 3.36. The van der Waals surface area contributed by atoms with E-state index in [2.05, 4.69) is 24.4 Å². The van der Waals surface area contributed by atoms with Crippen LogP contribution in [0.5, 0.6) is 0 Å². The maximum atomic E-state index is 13.2. The minimum atomic E-state index is -1.97. The molecule has 12 N–H and O–H groups in total. The molecule has 0 radical (unpaired) electrons. The monoisotopic (exact) mass is 1200 g/mol. The van der Waals surface area contributed by atoms with E-state index in [0.29, 0.717) is 12.8 Å². The molecular weight excluding hydrogens is 1080 g/mol. The zero-order chi connectivity index (χ0) is 61.2. The molecule has 0 spiro atoms. The number of ether oxygens (including phenoxy) is 6. The Morgan fingerprint density at radius 2 is 0.762 bits per heavy atom. The number of aliphatic hydroxyl groups is 11. The lowest BCUT2D eigenvalue weighted by molar-refractivity contribution is -0.379. The predicted molar refractivity (Wildman–Crippen MR) is 323 cm³/mol. The van der Waals surface area contributed by atoms with Gasteiger partial charge in [0.05, 0.1) is 38.6 Å². The number of hydrogen-bond acceptors (Lipinski definition) is 18. The topological polar surface area (TPSA) is 307 Å². The number of carbonyl (C=O) groups excluding carboxylic acids is 1. The van der Waals surface area contributed by atoms with Gasteiger partial charge in [-0.3, -0.25) is 4.79 Å². The molecule has 3 aliphatic heterocycles. The molecular formula is C65H121NO18. The molecule has 0 aliphatic carbocycles. The first kappa shape index (κ1) is 76.5. The molecule has 0 bridgehead atoms. The second kappa shape index (κ2) is 48.2. The van der Waals surface area contributed by atoms with Crippen LogP contribution < -0.4 is 5.32 Å². The largest absolute Gasteiger partial charge is 0.394 e. The average molecular weight is 1200 g/mol. The van der Waals surface area contributed by atoms with Crippen molar-refractivity contribution in [3.63, 3.8) is 0 Å². The molecule has 494 valence electrons. The Kier molecular flexibility index (Phi) is 43.9. The van der Waals surface area contributed by atoms with Crippen LogP contribution in [0.2, 0.25) is 0 Å². The maximum Gasteiger partial charge on any atom is 0.220 e. The first-order valence-electron chi connectivity index (χ1n) is 33.6. The molecule has 1 amide bonds. The van der Waals surface area contributed by atoms with Gasteiger partial charge in [-0.2, -0.15) is 0 Å². The second-order valence-electron chi connectivity index (χ2n) is 24.3. The molecule has 3 heterocycles. The normalized spacial score (nSPS) is 29.3. The number of carbonyl (C=O) groups is 1. The summed E-state index contributed by atoms with van der Waals surface area (Å²) in [5.74, 6) is -0.281. The van der Waals surface area contributed by atoms with Crippen LogP contribution in [-0.4, -0.2) is 193 Å². The Bertz CT molecular complexity index is 1630. The lowest BCUT2D eigenvalue weighted by Gasteiger charge is -2.48. The van der Waals surface area contributed by atoms with Crippen molar-refractivity contribution in [2.45, 2.75) is 356 Å². The fourth-order valence-electron chi connectivity index (χ4n) is 11.5. The first-order chi connectivity index (χ1) is 40.8. The van der Waals surface area contributed by atoms with Crippen molar-refractivity contribution in [3.8, 4) is 0 Å². The number of allylic oxidation sites excluding steroid dienone is 3. The van der Waals surface area contributed by atoms with Gasteiger partial charge in [0.15, 0.2) is 18.9 Å². The highest BCUT2D eigenvalue weighted by atomic mass is 16.8. The second-order valence-corrected chi connectivity index (χ2v) is 24.3. The zero-order valence-corrected chi connectivity index (χ0v) is 51.9. The van der Waals surface area contributed by atoms with E-state index in [1.807, 2.05) is 13.0 Å². The van der Waals surface area contributed by atoms with Crippen molar-refractivity contribution < 1.29 is 89.4 Å². The fourth-order valence-corrected chi connectivity index (χ4v) is 11.5. The molecule has 17 unspecified atom stereocenters. The van der Waals surface area contributed by atoms with Crippen LogP contribution in [0.4, 0.5) is 0 Å². The van der Waals surface area contributed by atoms with Crippen LogP contribution in [0.1, 0.15) is 251 Å². The molecule has 84 heavy (non-hydrogen) atoms. The maximum absolute atomic E-state index is 13.2. The standard InChI is InChI=1S/C65H121NO18/c1-3-5-7-9-10-11-12-13-14-15-16-17-18-19-20-21-22-23-24-25-26-27-28-29-30-31-32-33-34-35-36-37-38-39-41-43-53(71)66-48(49(70)42-40-8-6-4-2)47-79-63-59(77)56(74)61(51(45-68)81-63)84-65-60(78)57(75)62(52(46-69)82-65)83-64-58(76)55(73)54(72)50(44-67)80-64/h15-16,40,42,48-52,54-65,67-70,72-78H,3-14,17-39,41,43-47H2,1-2H3,(H,66,71)/b16-15-,42-40+. The van der Waals surface area contributed by atoms with Gasteiger partial charge in [-0.25, -0.2) is 0 Å². The molecule has 0 saturated carbocycles. The third-order valence-corrected chi connectivity index (χ3v) is 17.0. The Morgan fingerprint density at radius 1 is 0.417 bits per heavy atom. The van der Waals surface area contributed by atoms with Crippen LogP contribution in [-0.2, 0) is 33.2 Å². The lowest BCUT2D eigenvalue weighted by Crippen LogP contribution is -2.66. The summed E-state index contributed by atoms with van der Waals surface area (Å²) in [5, 5.41) is 119. The van der Waals surface area contributed by atoms with Crippen molar-refractivity contribution in [1.82, 2.24) is 5.32 Å². The van der Waals surface area contributed by atoms with E-state index in [9.17, 15) is 61.0 Å². The van der Waals surface area contributed by atoms with Gasteiger partial charge in [-0.05, 0) is 38.5 Å². The van der Waals surface area contributed by atoms with Crippen molar-refractivity contribution in [1.29, 1.82) is 0 Å². The zero-order valence-electron chi connectivity index (χ0n) is 51.9. The summed E-state index contributed by atoms with van der Waals surface area (Å²) in [6.07, 6.45) is 27.4. The predicted octanol–water partition coefficient (Wildman–Crippen LogP) is 7.88. The summed E-state index contributed by atoms with van der Waals surface area (Å²) >= 11 is 0. The van der Waals surface area contributed by atoms with Gasteiger partial charge >= 0.3 is 0 Å². The summed E-state index contributed by atoms with van der Waals surface area (Å²) in [6, 6.07) is -0.965. The number of aliphatic hydroxyl groups excluding tert-OH is 11. The summed E-state index contributed by atoms with van der Waals surface area (Å²) < 4.78 is 34.0. The lowest BCUT2D eigenvalue weighted by atomic mass is 9.96. The van der Waals surface area contributed by atoms with Crippen molar-refractivity contribution in [2.75, 3.05) is 26.4 Å². The van der Waals surface area contributed by atoms with Crippen LogP contribution in [0.15, 0.2) is 24.3 Å². The SMILES string of the molecule is CCCC/C=C/C(O)C(COC1OC(CO)C(OC2OC(CO)C(OC3OC(CO)C(O)C(O)C3O)C(O)C2O)C(O)C1O)NC(=O)CCCCCCCCCCCCCCCCCCCCCCCCC/C=C\CCCCCCCCCC.